The Hall–Kier alpha value is -12.5. The number of phenols is 1. The van der Waals surface area contributed by atoms with Gasteiger partial charge in [-0.15, -0.1) is 0 Å². The van der Waals surface area contributed by atoms with E-state index in [1.807, 2.05) is 159 Å². The van der Waals surface area contributed by atoms with Crippen LogP contribution in [0.2, 0.25) is 0 Å². The SMILES string of the molecule is CC(C)COc1ccc(-c2ccn3c(-c4ccccc4)cnc3c2)cc1.CC(C)Oc1ccc(-c2ccn3c(-c4cncnc4)cnc3c2)cc1.Oc1ccc(-c2ccn3c(-c4ccccc4)cnc3c2)cc1.c1ccc(-c2cnc3cc(-c4ccc(OCCN5CCOCC5)cc4)ccn23)cc1. The Morgan fingerprint density at radius 2 is 0.718 bits per heavy atom. The van der Waals surface area contributed by atoms with Gasteiger partial charge in [0, 0.05) is 79.1 Å². The fraction of sp³-hybridized carbons (Fsp3) is 0.149. The molecule has 0 aliphatic carbocycles. The standard InChI is InChI=1S/C25H25N3O2.C23H22N2O.C20H18N4O.C19H14N2O/c1-2-4-21(5-3-1)24-19-26-25-18-22(10-11-28(24)25)20-6-8-23(9-7-20)30-17-14-27-12-15-29-16-13-27;1-17(2)16-26-21-10-8-18(9-11-21)20-12-13-25-22(15-24-23(25)14-20)19-6-4-3-5-7-19;1-14(2)25-18-5-3-15(4-6-18)16-7-8-24-19(12-23-20(24)9-16)17-10-21-13-22-11-17;22-17-8-6-14(7-9-17)16-10-11-21-18(13-20-19(21)12-16)15-4-2-1-3-5-15/h1-11,18-19H,12-17H2;3-15,17H,16H2,1-2H3;3-14H,1-2H3;1-13,22H. The summed E-state index contributed by atoms with van der Waals surface area (Å²) in [5, 5.41) is 9.39. The van der Waals surface area contributed by atoms with Gasteiger partial charge in [-0.1, -0.05) is 153 Å². The third-order valence-electron chi connectivity index (χ3n) is 17.6. The second-order valence-corrected chi connectivity index (χ2v) is 25.7. The highest BCUT2D eigenvalue weighted by Crippen LogP contribution is 2.32. The maximum atomic E-state index is 9.39. The van der Waals surface area contributed by atoms with E-state index in [0.29, 0.717) is 12.5 Å². The van der Waals surface area contributed by atoms with E-state index in [-0.39, 0.29) is 11.9 Å². The molecule has 0 saturated carbocycles. The van der Waals surface area contributed by atoms with Crippen molar-refractivity contribution in [1.29, 1.82) is 0 Å². The average molecular weight is 1360 g/mol. The summed E-state index contributed by atoms with van der Waals surface area (Å²) >= 11 is 0. The molecule has 1 fully saturated rings. The van der Waals surface area contributed by atoms with E-state index in [9.17, 15) is 5.11 Å². The Balaban J connectivity index is 0.000000117. The molecular formula is C87H79N11O5. The van der Waals surface area contributed by atoms with Crippen molar-refractivity contribution in [1.82, 2.24) is 52.4 Å². The van der Waals surface area contributed by atoms with Crippen LogP contribution in [-0.2, 0) is 4.74 Å². The fourth-order valence-corrected chi connectivity index (χ4v) is 12.3. The van der Waals surface area contributed by atoms with Crippen LogP contribution in [0.5, 0.6) is 23.0 Å². The Bertz CT molecular complexity index is 5370. The first-order valence-corrected chi connectivity index (χ1v) is 34.7. The van der Waals surface area contributed by atoms with Crippen LogP contribution < -0.4 is 14.2 Å². The maximum absolute atomic E-state index is 9.39. The molecular weight excluding hydrogens is 1280 g/mol. The van der Waals surface area contributed by atoms with Crippen molar-refractivity contribution in [2.24, 2.45) is 5.92 Å². The monoisotopic (exact) mass is 1360 g/mol. The Morgan fingerprint density at radius 1 is 0.369 bits per heavy atom. The molecule has 16 heteroatoms. The third kappa shape index (κ3) is 16.7. The van der Waals surface area contributed by atoms with Crippen LogP contribution in [-0.4, -0.2) is 110 Å². The van der Waals surface area contributed by atoms with Crippen LogP contribution in [0.25, 0.3) is 112 Å². The summed E-state index contributed by atoms with van der Waals surface area (Å²) in [6, 6.07) is 79.6. The van der Waals surface area contributed by atoms with Crippen LogP contribution in [0.3, 0.4) is 0 Å². The lowest BCUT2D eigenvalue weighted by Gasteiger charge is -2.26. The highest BCUT2D eigenvalue weighted by Gasteiger charge is 2.15. The van der Waals surface area contributed by atoms with Crippen LogP contribution in [0.4, 0.5) is 0 Å². The molecule has 1 aliphatic rings. The Kier molecular flexibility index (Phi) is 21.2. The normalized spacial score (nSPS) is 12.2. The molecule has 103 heavy (non-hydrogen) atoms. The van der Waals surface area contributed by atoms with Gasteiger partial charge in [0.2, 0.25) is 0 Å². The largest absolute Gasteiger partial charge is 0.508 e. The number of aromatic nitrogens is 10. The van der Waals surface area contributed by atoms with Gasteiger partial charge in [0.15, 0.2) is 0 Å². The van der Waals surface area contributed by atoms with Crippen molar-refractivity contribution < 1.29 is 24.1 Å². The topological polar surface area (TPSA) is 155 Å². The molecule has 1 N–H and O–H groups in total. The zero-order chi connectivity index (χ0) is 70.3. The molecule has 7 aromatic carbocycles. The predicted octanol–water partition coefficient (Wildman–Crippen LogP) is 18.7. The van der Waals surface area contributed by atoms with Gasteiger partial charge in [0.05, 0.1) is 73.5 Å². The van der Waals surface area contributed by atoms with E-state index >= 15 is 0 Å². The molecule has 9 aromatic heterocycles. The molecule has 16 aromatic rings. The van der Waals surface area contributed by atoms with Crippen molar-refractivity contribution in [3.63, 3.8) is 0 Å². The van der Waals surface area contributed by atoms with Gasteiger partial charge in [-0.25, -0.2) is 29.9 Å². The summed E-state index contributed by atoms with van der Waals surface area (Å²) in [5.41, 5.74) is 21.4. The number of phenolic OH excluding ortho intramolecular Hbond substituents is 1. The number of nitrogens with zero attached hydrogens (tertiary/aromatic N) is 11. The minimum atomic E-state index is 0.174. The van der Waals surface area contributed by atoms with Crippen LogP contribution in [0, 0.1) is 5.92 Å². The lowest BCUT2D eigenvalue weighted by molar-refractivity contribution is 0.0322. The van der Waals surface area contributed by atoms with Gasteiger partial charge in [0.1, 0.15) is 58.5 Å². The van der Waals surface area contributed by atoms with Gasteiger partial charge in [-0.3, -0.25) is 22.5 Å². The summed E-state index contributed by atoms with van der Waals surface area (Å²) in [4.78, 5) is 28.8. The number of hydrogen-bond donors (Lipinski definition) is 1. The second kappa shape index (κ2) is 32.2. The van der Waals surface area contributed by atoms with E-state index in [2.05, 4.69) is 196 Å². The van der Waals surface area contributed by atoms with Crippen molar-refractivity contribution in [2.45, 2.75) is 33.8 Å². The van der Waals surface area contributed by atoms with E-state index in [1.54, 1.807) is 24.5 Å². The molecule has 17 rings (SSSR count). The minimum absolute atomic E-state index is 0.174. The number of benzene rings is 7. The zero-order valence-electron chi connectivity index (χ0n) is 58.0. The number of ether oxygens (including phenoxy) is 4. The minimum Gasteiger partial charge on any atom is -0.508 e. The van der Waals surface area contributed by atoms with Crippen molar-refractivity contribution >= 4 is 22.6 Å². The number of fused-ring (bicyclic) bond motifs is 4. The number of hydrogen-bond acceptors (Lipinski definition) is 12. The fourth-order valence-electron chi connectivity index (χ4n) is 12.3. The molecule has 0 amide bonds. The molecule has 512 valence electrons. The summed E-state index contributed by atoms with van der Waals surface area (Å²) in [6.07, 6.45) is 21.1. The third-order valence-corrected chi connectivity index (χ3v) is 17.6. The molecule has 1 aliphatic heterocycles. The molecule has 16 nitrogen and oxygen atoms in total. The lowest BCUT2D eigenvalue weighted by Crippen LogP contribution is -2.38. The highest BCUT2D eigenvalue weighted by atomic mass is 16.5. The van der Waals surface area contributed by atoms with Gasteiger partial charge in [-0.05, 0) is 161 Å². The van der Waals surface area contributed by atoms with E-state index in [0.717, 1.165) is 163 Å². The molecule has 0 spiro atoms. The zero-order valence-corrected chi connectivity index (χ0v) is 58.0. The first-order valence-electron chi connectivity index (χ1n) is 34.7. The summed E-state index contributed by atoms with van der Waals surface area (Å²) in [5.74, 6) is 3.50. The molecule has 0 bridgehead atoms. The quantitative estimate of drug-likeness (QED) is 0.0922. The molecule has 10 heterocycles. The summed E-state index contributed by atoms with van der Waals surface area (Å²) in [7, 11) is 0. The molecule has 0 radical (unpaired) electrons. The van der Waals surface area contributed by atoms with Crippen LogP contribution in [0.15, 0.2) is 305 Å². The summed E-state index contributed by atoms with van der Waals surface area (Å²) < 4.78 is 31.1. The number of rotatable bonds is 17. The predicted molar refractivity (Wildman–Crippen MR) is 410 cm³/mol. The van der Waals surface area contributed by atoms with Crippen molar-refractivity contribution in [2.75, 3.05) is 46.1 Å². The maximum Gasteiger partial charge on any atom is 0.137 e. The number of aromatic hydroxyl groups is 1. The highest BCUT2D eigenvalue weighted by molar-refractivity contribution is 5.75. The first-order chi connectivity index (χ1) is 50.6. The van der Waals surface area contributed by atoms with Crippen LogP contribution in [0.1, 0.15) is 27.7 Å². The summed E-state index contributed by atoms with van der Waals surface area (Å²) in [6.45, 7) is 14.3. The lowest BCUT2D eigenvalue weighted by atomic mass is 10.1. The van der Waals surface area contributed by atoms with Gasteiger partial charge in [-0.2, -0.15) is 0 Å². The Morgan fingerprint density at radius 3 is 1.09 bits per heavy atom. The van der Waals surface area contributed by atoms with E-state index in [4.69, 9.17) is 18.9 Å². The first kappa shape index (κ1) is 67.7. The van der Waals surface area contributed by atoms with Crippen molar-refractivity contribution in [3.05, 3.63) is 305 Å². The number of morpholine rings is 1. The van der Waals surface area contributed by atoms with Gasteiger partial charge < -0.3 is 24.1 Å². The molecule has 1 saturated heterocycles. The van der Waals surface area contributed by atoms with E-state index in [1.165, 1.54) is 11.9 Å². The smallest absolute Gasteiger partial charge is 0.137 e. The average Bonchev–Trinajstić information content (AvgIpc) is 1.70. The molecule has 0 atom stereocenters. The molecule has 0 unspecified atom stereocenters. The number of pyridine rings is 4. The van der Waals surface area contributed by atoms with Gasteiger partial charge >= 0.3 is 0 Å². The second-order valence-electron chi connectivity index (χ2n) is 25.7. The van der Waals surface area contributed by atoms with Crippen LogP contribution >= 0.6 is 0 Å². The van der Waals surface area contributed by atoms with E-state index < -0.39 is 0 Å². The Labute approximate surface area is 599 Å². The number of imidazole rings is 4. The van der Waals surface area contributed by atoms with Crippen molar-refractivity contribution in [3.8, 4) is 113 Å². The van der Waals surface area contributed by atoms with Gasteiger partial charge in [0.25, 0.3) is 0 Å².